The molecule has 4 N–H and O–H groups in total. The fourth-order valence-corrected chi connectivity index (χ4v) is 1.63. The van der Waals surface area contributed by atoms with Crippen LogP contribution in [-0.4, -0.2) is 54.6 Å². The number of hydrogen-bond donors (Lipinski definition) is 3. The molecule has 0 aromatic carbocycles. The zero-order chi connectivity index (χ0) is 15.2. The summed E-state index contributed by atoms with van der Waals surface area (Å²) in [6.45, 7) is 1.63. The zero-order valence-electron chi connectivity index (χ0n) is 11.1. The van der Waals surface area contributed by atoms with Crippen molar-refractivity contribution in [3.63, 3.8) is 0 Å². The van der Waals surface area contributed by atoms with Crippen LogP contribution in [0.1, 0.15) is 21.0 Å². The van der Waals surface area contributed by atoms with E-state index in [-0.39, 0.29) is 17.3 Å². The number of hydrogen-bond acceptors (Lipinski definition) is 6. The van der Waals surface area contributed by atoms with Crippen molar-refractivity contribution in [2.75, 3.05) is 13.1 Å². The average Bonchev–Trinajstić information content (AvgIpc) is 3.08. The smallest absolute Gasteiger partial charge is 0.356 e. The van der Waals surface area contributed by atoms with E-state index in [1.54, 1.807) is 4.57 Å². The van der Waals surface area contributed by atoms with Crippen molar-refractivity contribution in [1.82, 2.24) is 29.9 Å². The van der Waals surface area contributed by atoms with Crippen LogP contribution in [0.2, 0.25) is 0 Å². The van der Waals surface area contributed by atoms with Crippen molar-refractivity contribution in [2.24, 2.45) is 5.73 Å². The summed E-state index contributed by atoms with van der Waals surface area (Å²) in [5.74, 6) is -1.44. The number of imidazole rings is 1. The minimum atomic E-state index is -1.09. The molecule has 0 saturated carbocycles. The van der Waals surface area contributed by atoms with Crippen LogP contribution in [-0.2, 0) is 13.1 Å². The molecular weight excluding hydrogens is 278 g/mol. The number of nitrogens with two attached hydrogens (primary N) is 1. The van der Waals surface area contributed by atoms with E-state index in [1.165, 1.54) is 23.4 Å². The molecule has 0 radical (unpaired) electrons. The Morgan fingerprint density at radius 1 is 1.29 bits per heavy atom. The minimum absolute atomic E-state index is 0.0361. The van der Waals surface area contributed by atoms with E-state index < -0.39 is 5.97 Å². The van der Waals surface area contributed by atoms with Crippen LogP contribution in [0.3, 0.4) is 0 Å². The molecule has 0 aliphatic rings. The minimum Gasteiger partial charge on any atom is -0.476 e. The van der Waals surface area contributed by atoms with Crippen LogP contribution in [0.4, 0.5) is 0 Å². The number of nitrogens with zero attached hydrogens (tertiary/aromatic N) is 5. The second kappa shape index (κ2) is 6.61. The van der Waals surface area contributed by atoms with Crippen molar-refractivity contribution < 1.29 is 14.7 Å². The van der Waals surface area contributed by atoms with Gasteiger partial charge in [0.2, 0.25) is 0 Å². The van der Waals surface area contributed by atoms with E-state index in [0.717, 1.165) is 0 Å². The number of aromatic nitrogens is 5. The van der Waals surface area contributed by atoms with Crippen molar-refractivity contribution in [3.05, 3.63) is 30.1 Å². The van der Waals surface area contributed by atoms with E-state index >= 15 is 0 Å². The number of aromatic carboxylic acids is 1. The maximum Gasteiger partial charge on any atom is 0.356 e. The topological polar surface area (TPSA) is 141 Å². The summed E-state index contributed by atoms with van der Waals surface area (Å²) in [7, 11) is 0. The maximum atomic E-state index is 11.8. The second-order valence-electron chi connectivity index (χ2n) is 4.21. The molecule has 10 heteroatoms. The van der Waals surface area contributed by atoms with E-state index in [1.807, 2.05) is 0 Å². The lowest BCUT2D eigenvalue weighted by Crippen LogP contribution is -2.27. The van der Waals surface area contributed by atoms with Crippen LogP contribution in [0.5, 0.6) is 0 Å². The van der Waals surface area contributed by atoms with Gasteiger partial charge < -0.3 is 20.7 Å². The molecular formula is C11H15N7O3. The second-order valence-corrected chi connectivity index (χ2v) is 4.21. The first-order valence-corrected chi connectivity index (χ1v) is 6.23. The predicted octanol–water partition coefficient (Wildman–Crippen LogP) is -1.44. The third-order valence-electron chi connectivity index (χ3n) is 2.64. The molecule has 21 heavy (non-hydrogen) atoms. The van der Waals surface area contributed by atoms with Crippen molar-refractivity contribution in [2.45, 2.75) is 13.1 Å². The Morgan fingerprint density at radius 2 is 2.10 bits per heavy atom. The molecule has 0 atom stereocenters. The first-order valence-electron chi connectivity index (χ1n) is 6.23. The lowest BCUT2D eigenvalue weighted by molar-refractivity contribution is 0.0690. The largest absolute Gasteiger partial charge is 0.476 e. The van der Waals surface area contributed by atoms with Crippen molar-refractivity contribution in [1.29, 1.82) is 0 Å². The van der Waals surface area contributed by atoms with E-state index in [4.69, 9.17) is 10.8 Å². The van der Waals surface area contributed by atoms with Gasteiger partial charge in [0.05, 0.1) is 19.1 Å². The molecule has 112 valence electrons. The van der Waals surface area contributed by atoms with Crippen LogP contribution >= 0.6 is 0 Å². The van der Waals surface area contributed by atoms with Gasteiger partial charge in [-0.15, -0.1) is 5.10 Å². The molecule has 0 aliphatic carbocycles. The summed E-state index contributed by atoms with van der Waals surface area (Å²) in [6.07, 6.45) is 4.31. The number of nitrogens with one attached hydrogen (secondary N) is 1. The van der Waals surface area contributed by atoms with Gasteiger partial charge >= 0.3 is 5.97 Å². The average molecular weight is 293 g/mol. The van der Waals surface area contributed by atoms with Gasteiger partial charge in [-0.05, 0) is 0 Å². The molecule has 1 amide bonds. The Balaban J connectivity index is 1.81. The van der Waals surface area contributed by atoms with E-state index in [2.05, 4.69) is 20.6 Å². The number of carboxylic acid groups (broad SMARTS) is 1. The van der Waals surface area contributed by atoms with Crippen LogP contribution in [0, 0.1) is 0 Å². The summed E-state index contributed by atoms with van der Waals surface area (Å²) < 4.78 is 3.07. The summed E-state index contributed by atoms with van der Waals surface area (Å²) in [6, 6.07) is 0. The molecule has 0 spiro atoms. The van der Waals surface area contributed by atoms with Crippen LogP contribution in [0.15, 0.2) is 18.7 Å². The first-order chi connectivity index (χ1) is 10.1. The third kappa shape index (κ3) is 3.86. The molecule has 2 aromatic heterocycles. The molecule has 0 unspecified atom stereocenters. The van der Waals surface area contributed by atoms with Gasteiger partial charge in [0.15, 0.2) is 11.4 Å². The highest BCUT2D eigenvalue weighted by molar-refractivity contribution is 5.91. The van der Waals surface area contributed by atoms with Crippen molar-refractivity contribution in [3.8, 4) is 0 Å². The Labute approximate surface area is 119 Å². The summed E-state index contributed by atoms with van der Waals surface area (Å²) in [5.41, 5.74) is 5.55. The normalized spacial score (nSPS) is 10.5. The van der Waals surface area contributed by atoms with E-state index in [0.29, 0.717) is 26.2 Å². The lowest BCUT2D eigenvalue weighted by Gasteiger charge is -2.03. The predicted molar refractivity (Wildman–Crippen MR) is 70.6 cm³/mol. The molecule has 10 nitrogen and oxygen atoms in total. The fourth-order valence-electron chi connectivity index (χ4n) is 1.63. The number of carbonyl (C=O) groups excluding carboxylic acids is 1. The summed E-state index contributed by atoms with van der Waals surface area (Å²) in [4.78, 5) is 26.2. The molecule has 0 bridgehead atoms. The Bertz CT molecular complexity index is 633. The molecule has 0 saturated heterocycles. The molecule has 2 rings (SSSR count). The fraction of sp³-hybridized carbons (Fsp3) is 0.364. The van der Waals surface area contributed by atoms with Crippen LogP contribution in [0.25, 0.3) is 0 Å². The highest BCUT2D eigenvalue weighted by atomic mass is 16.4. The number of carbonyl (C=O) groups is 2. The van der Waals surface area contributed by atoms with Gasteiger partial charge in [-0.25, -0.2) is 9.78 Å². The highest BCUT2D eigenvalue weighted by Crippen LogP contribution is 1.96. The number of amides is 1. The number of carboxylic acids is 1. The first kappa shape index (κ1) is 14.7. The van der Waals surface area contributed by atoms with Gasteiger partial charge in [-0.2, -0.15) is 0 Å². The third-order valence-corrected chi connectivity index (χ3v) is 2.64. The van der Waals surface area contributed by atoms with E-state index in [9.17, 15) is 9.59 Å². The highest BCUT2D eigenvalue weighted by Gasteiger charge is 2.10. The van der Waals surface area contributed by atoms with Gasteiger partial charge in [0.25, 0.3) is 5.91 Å². The van der Waals surface area contributed by atoms with Crippen LogP contribution < -0.4 is 11.1 Å². The Kier molecular flexibility index (Phi) is 4.61. The van der Waals surface area contributed by atoms with Crippen molar-refractivity contribution >= 4 is 11.9 Å². The number of rotatable bonds is 7. The van der Waals surface area contributed by atoms with Gasteiger partial charge in [0, 0.05) is 25.8 Å². The SMILES string of the molecule is NCCn1cc(C(=O)NCCn2cnc(C(=O)O)c2)nn1. The Morgan fingerprint density at radius 3 is 2.76 bits per heavy atom. The quantitative estimate of drug-likeness (QED) is 0.567. The van der Waals surface area contributed by atoms with Gasteiger partial charge in [0.1, 0.15) is 0 Å². The Hall–Kier alpha value is -2.75. The molecule has 2 heterocycles. The molecule has 0 aliphatic heterocycles. The monoisotopic (exact) mass is 293 g/mol. The van der Waals surface area contributed by atoms with Gasteiger partial charge in [-0.3, -0.25) is 9.48 Å². The van der Waals surface area contributed by atoms with Gasteiger partial charge in [-0.1, -0.05) is 5.21 Å². The summed E-state index contributed by atoms with van der Waals surface area (Å²) >= 11 is 0. The lowest BCUT2D eigenvalue weighted by atomic mass is 10.4. The standard InChI is InChI=1S/C11H15N7O3/c12-1-3-18-6-8(15-16-18)10(19)13-2-4-17-5-9(11(20)21)14-7-17/h5-7H,1-4,12H2,(H,13,19)(H,20,21). The zero-order valence-corrected chi connectivity index (χ0v) is 11.1. The summed E-state index contributed by atoms with van der Waals surface area (Å²) in [5, 5.41) is 18.9. The maximum absolute atomic E-state index is 11.8. The molecule has 2 aromatic rings. The molecule has 0 fully saturated rings.